The van der Waals surface area contributed by atoms with Gasteiger partial charge in [0.25, 0.3) is 5.56 Å². The standard InChI is InChI=1S/C12H16N2O3/c15-11-3-6-13-9-14(11)10-1-4-12(5-2-10)16-7-8-17-12/h3,6,9-10H,1-2,4-5,7-8H2. The van der Waals surface area contributed by atoms with Crippen LogP contribution in [0.3, 0.4) is 0 Å². The Kier molecular flexibility index (Phi) is 2.72. The summed E-state index contributed by atoms with van der Waals surface area (Å²) in [6, 6.07) is 1.74. The second kappa shape index (κ2) is 4.23. The molecule has 1 aromatic heterocycles. The van der Waals surface area contributed by atoms with Crippen LogP contribution >= 0.6 is 0 Å². The van der Waals surface area contributed by atoms with Gasteiger partial charge in [0, 0.05) is 31.1 Å². The fraction of sp³-hybridized carbons (Fsp3) is 0.667. The zero-order valence-electron chi connectivity index (χ0n) is 9.67. The average Bonchev–Trinajstić information content (AvgIpc) is 2.80. The van der Waals surface area contributed by atoms with Gasteiger partial charge in [0.15, 0.2) is 5.79 Å². The summed E-state index contributed by atoms with van der Waals surface area (Å²) in [5.41, 5.74) is 0.0224. The van der Waals surface area contributed by atoms with E-state index in [1.807, 2.05) is 0 Å². The third-order valence-electron chi connectivity index (χ3n) is 3.67. The van der Waals surface area contributed by atoms with E-state index < -0.39 is 0 Å². The van der Waals surface area contributed by atoms with Crippen molar-refractivity contribution >= 4 is 0 Å². The van der Waals surface area contributed by atoms with Crippen LogP contribution in [0.25, 0.3) is 0 Å². The number of nitrogens with zero attached hydrogens (tertiary/aromatic N) is 2. The fourth-order valence-electron chi connectivity index (χ4n) is 2.74. The van der Waals surface area contributed by atoms with Gasteiger partial charge in [-0.15, -0.1) is 0 Å². The maximum absolute atomic E-state index is 11.7. The smallest absolute Gasteiger partial charge is 0.253 e. The lowest BCUT2D eigenvalue weighted by atomic mass is 9.90. The van der Waals surface area contributed by atoms with Crippen molar-refractivity contribution in [3.63, 3.8) is 0 Å². The largest absolute Gasteiger partial charge is 0.348 e. The van der Waals surface area contributed by atoms with E-state index in [2.05, 4.69) is 4.98 Å². The van der Waals surface area contributed by atoms with Crippen molar-refractivity contribution in [2.75, 3.05) is 13.2 Å². The van der Waals surface area contributed by atoms with E-state index in [0.717, 1.165) is 25.7 Å². The van der Waals surface area contributed by atoms with E-state index in [1.165, 1.54) is 12.3 Å². The quantitative estimate of drug-likeness (QED) is 0.732. The second-order valence-corrected chi connectivity index (χ2v) is 4.66. The zero-order valence-corrected chi connectivity index (χ0v) is 9.67. The molecule has 0 atom stereocenters. The maximum atomic E-state index is 11.7. The lowest BCUT2D eigenvalue weighted by molar-refractivity contribution is -0.181. The highest BCUT2D eigenvalue weighted by atomic mass is 16.7. The third-order valence-corrected chi connectivity index (χ3v) is 3.67. The first-order valence-corrected chi connectivity index (χ1v) is 6.09. The van der Waals surface area contributed by atoms with Gasteiger partial charge in [-0.25, -0.2) is 4.98 Å². The predicted molar refractivity (Wildman–Crippen MR) is 60.6 cm³/mol. The molecule has 5 nitrogen and oxygen atoms in total. The zero-order chi connectivity index (χ0) is 11.7. The molecular weight excluding hydrogens is 220 g/mol. The van der Waals surface area contributed by atoms with E-state index in [4.69, 9.17) is 9.47 Å². The Balaban J connectivity index is 1.73. The fourth-order valence-corrected chi connectivity index (χ4v) is 2.74. The number of aromatic nitrogens is 2. The van der Waals surface area contributed by atoms with Crippen LogP contribution in [0.5, 0.6) is 0 Å². The summed E-state index contributed by atoms with van der Waals surface area (Å²) >= 11 is 0. The van der Waals surface area contributed by atoms with Crippen LogP contribution in [0, 0.1) is 0 Å². The molecule has 0 N–H and O–H groups in total. The number of rotatable bonds is 1. The van der Waals surface area contributed by atoms with Gasteiger partial charge in [0.05, 0.1) is 19.5 Å². The molecule has 1 saturated heterocycles. The highest BCUT2D eigenvalue weighted by molar-refractivity contribution is 4.90. The van der Waals surface area contributed by atoms with Crippen LogP contribution in [-0.2, 0) is 9.47 Å². The molecule has 17 heavy (non-hydrogen) atoms. The summed E-state index contributed by atoms with van der Waals surface area (Å²) in [4.78, 5) is 15.7. The molecule has 2 heterocycles. The molecule has 1 saturated carbocycles. The predicted octanol–water partition coefficient (Wildman–Crippen LogP) is 1.10. The Bertz CT molecular complexity index is 441. The molecule has 5 heteroatoms. The van der Waals surface area contributed by atoms with E-state index in [9.17, 15) is 4.79 Å². The van der Waals surface area contributed by atoms with E-state index in [0.29, 0.717) is 13.2 Å². The van der Waals surface area contributed by atoms with Gasteiger partial charge in [-0.05, 0) is 12.8 Å². The van der Waals surface area contributed by atoms with Crippen molar-refractivity contribution in [1.82, 2.24) is 9.55 Å². The average molecular weight is 236 g/mol. The van der Waals surface area contributed by atoms with Gasteiger partial charge in [0.1, 0.15) is 0 Å². The highest BCUT2D eigenvalue weighted by Crippen LogP contribution is 2.39. The summed E-state index contributed by atoms with van der Waals surface area (Å²) in [6.07, 6.45) is 6.70. The molecular formula is C12H16N2O3. The van der Waals surface area contributed by atoms with Crippen molar-refractivity contribution in [3.8, 4) is 0 Å². The Labute approximate surface area is 99.4 Å². The van der Waals surface area contributed by atoms with Gasteiger partial charge in [0.2, 0.25) is 0 Å². The molecule has 2 fully saturated rings. The minimum absolute atomic E-state index is 0.0224. The highest BCUT2D eigenvalue weighted by Gasteiger charge is 2.40. The molecule has 92 valence electrons. The summed E-state index contributed by atoms with van der Waals surface area (Å²) in [5.74, 6) is -0.359. The summed E-state index contributed by atoms with van der Waals surface area (Å²) < 4.78 is 13.1. The molecule has 0 aromatic carbocycles. The minimum atomic E-state index is -0.359. The Morgan fingerprint density at radius 1 is 1.29 bits per heavy atom. The van der Waals surface area contributed by atoms with E-state index in [1.54, 1.807) is 10.9 Å². The molecule has 3 rings (SSSR count). The Morgan fingerprint density at radius 2 is 2.00 bits per heavy atom. The molecule has 2 aliphatic rings. The molecule has 1 aromatic rings. The van der Waals surface area contributed by atoms with Crippen LogP contribution in [0.1, 0.15) is 31.7 Å². The SMILES string of the molecule is O=c1ccncn1C1CCC2(CC1)OCCO2. The Hall–Kier alpha value is -1.20. The van der Waals surface area contributed by atoms with E-state index in [-0.39, 0.29) is 17.4 Å². The monoisotopic (exact) mass is 236 g/mol. The summed E-state index contributed by atoms with van der Waals surface area (Å²) in [5, 5.41) is 0. The van der Waals surface area contributed by atoms with Gasteiger partial charge >= 0.3 is 0 Å². The van der Waals surface area contributed by atoms with Crippen LogP contribution in [0.4, 0.5) is 0 Å². The van der Waals surface area contributed by atoms with Crippen molar-refractivity contribution in [2.24, 2.45) is 0 Å². The molecule has 0 amide bonds. The van der Waals surface area contributed by atoms with Crippen molar-refractivity contribution < 1.29 is 9.47 Å². The molecule has 0 radical (unpaired) electrons. The summed E-state index contributed by atoms with van der Waals surface area (Å²) in [7, 11) is 0. The van der Waals surface area contributed by atoms with E-state index >= 15 is 0 Å². The summed E-state index contributed by atoms with van der Waals surface area (Å²) in [6.45, 7) is 1.38. The van der Waals surface area contributed by atoms with Crippen LogP contribution < -0.4 is 5.56 Å². The number of hydrogen-bond acceptors (Lipinski definition) is 4. The second-order valence-electron chi connectivity index (χ2n) is 4.66. The third kappa shape index (κ3) is 2.00. The van der Waals surface area contributed by atoms with Crippen molar-refractivity contribution in [3.05, 3.63) is 28.9 Å². The van der Waals surface area contributed by atoms with Crippen molar-refractivity contribution in [1.29, 1.82) is 0 Å². The lowest BCUT2D eigenvalue weighted by Gasteiger charge is -2.35. The molecule has 0 unspecified atom stereocenters. The molecule has 1 aliphatic carbocycles. The lowest BCUT2D eigenvalue weighted by Crippen LogP contribution is -2.37. The first-order valence-electron chi connectivity index (χ1n) is 6.09. The topological polar surface area (TPSA) is 53.4 Å². The first-order chi connectivity index (χ1) is 8.29. The van der Waals surface area contributed by atoms with Crippen LogP contribution in [0.2, 0.25) is 0 Å². The maximum Gasteiger partial charge on any atom is 0.253 e. The molecule has 1 spiro atoms. The number of hydrogen-bond donors (Lipinski definition) is 0. The minimum Gasteiger partial charge on any atom is -0.348 e. The van der Waals surface area contributed by atoms with Gasteiger partial charge < -0.3 is 9.47 Å². The van der Waals surface area contributed by atoms with Gasteiger partial charge in [-0.1, -0.05) is 0 Å². The molecule has 0 bridgehead atoms. The van der Waals surface area contributed by atoms with Crippen molar-refractivity contribution in [2.45, 2.75) is 37.5 Å². The molecule has 1 aliphatic heterocycles. The first kappa shape index (κ1) is 10.9. The van der Waals surface area contributed by atoms with Gasteiger partial charge in [-0.2, -0.15) is 0 Å². The normalized spacial score (nSPS) is 24.2. The number of ether oxygens (including phenoxy) is 2. The van der Waals surface area contributed by atoms with Crippen LogP contribution in [0.15, 0.2) is 23.4 Å². The van der Waals surface area contributed by atoms with Crippen LogP contribution in [-0.4, -0.2) is 28.6 Å². The van der Waals surface area contributed by atoms with Gasteiger partial charge in [-0.3, -0.25) is 9.36 Å². The Morgan fingerprint density at radius 3 is 2.65 bits per heavy atom.